The Morgan fingerprint density at radius 2 is 2.10 bits per heavy atom. The van der Waals surface area contributed by atoms with E-state index < -0.39 is 0 Å². The molecule has 2 rings (SSSR count). The molecular formula is C16H24ClFN2. The first-order valence-electron chi connectivity index (χ1n) is 7.19. The van der Waals surface area contributed by atoms with Gasteiger partial charge >= 0.3 is 0 Å². The SMILES string of the molecule is CC1CC(C)(C)CC(CN)(Nc2cc(F)ccc2Cl)C1. The van der Waals surface area contributed by atoms with Crippen LogP contribution in [0.5, 0.6) is 0 Å². The van der Waals surface area contributed by atoms with Gasteiger partial charge in [-0.2, -0.15) is 0 Å². The summed E-state index contributed by atoms with van der Waals surface area (Å²) >= 11 is 6.17. The Labute approximate surface area is 125 Å². The van der Waals surface area contributed by atoms with E-state index in [0.29, 0.717) is 23.2 Å². The van der Waals surface area contributed by atoms with E-state index >= 15 is 0 Å². The third kappa shape index (κ3) is 3.44. The van der Waals surface area contributed by atoms with Crippen LogP contribution < -0.4 is 11.1 Å². The highest BCUT2D eigenvalue weighted by molar-refractivity contribution is 6.33. The van der Waals surface area contributed by atoms with Gasteiger partial charge in [-0.25, -0.2) is 4.39 Å². The highest BCUT2D eigenvalue weighted by Gasteiger charge is 2.42. The number of hydrogen-bond donors (Lipinski definition) is 2. The molecule has 0 amide bonds. The monoisotopic (exact) mass is 298 g/mol. The summed E-state index contributed by atoms with van der Waals surface area (Å²) in [6.07, 6.45) is 3.14. The third-order valence-electron chi connectivity index (χ3n) is 4.18. The summed E-state index contributed by atoms with van der Waals surface area (Å²) in [5.74, 6) is 0.300. The molecule has 2 unspecified atom stereocenters. The van der Waals surface area contributed by atoms with Gasteiger partial charge in [-0.15, -0.1) is 0 Å². The fraction of sp³-hybridized carbons (Fsp3) is 0.625. The molecule has 4 heteroatoms. The topological polar surface area (TPSA) is 38.0 Å². The van der Waals surface area contributed by atoms with Gasteiger partial charge < -0.3 is 11.1 Å². The zero-order valence-corrected chi connectivity index (χ0v) is 13.2. The Morgan fingerprint density at radius 3 is 2.70 bits per heavy atom. The number of rotatable bonds is 3. The highest BCUT2D eigenvalue weighted by Crippen LogP contribution is 2.45. The van der Waals surface area contributed by atoms with Crippen molar-refractivity contribution in [3.63, 3.8) is 0 Å². The molecule has 1 aromatic carbocycles. The molecule has 1 saturated carbocycles. The van der Waals surface area contributed by atoms with E-state index in [9.17, 15) is 4.39 Å². The average Bonchev–Trinajstić information content (AvgIpc) is 2.31. The van der Waals surface area contributed by atoms with Crippen LogP contribution in [0.15, 0.2) is 18.2 Å². The molecule has 1 aliphatic rings. The normalized spacial score (nSPS) is 29.2. The maximum atomic E-state index is 13.4. The number of hydrogen-bond acceptors (Lipinski definition) is 2. The van der Waals surface area contributed by atoms with Crippen molar-refractivity contribution in [2.75, 3.05) is 11.9 Å². The maximum absolute atomic E-state index is 13.4. The molecule has 0 radical (unpaired) electrons. The van der Waals surface area contributed by atoms with Crippen LogP contribution in [0.4, 0.5) is 10.1 Å². The van der Waals surface area contributed by atoms with Crippen molar-refractivity contribution < 1.29 is 4.39 Å². The van der Waals surface area contributed by atoms with Crippen molar-refractivity contribution in [1.82, 2.24) is 0 Å². The predicted molar refractivity (Wildman–Crippen MR) is 83.6 cm³/mol. The first-order valence-corrected chi connectivity index (χ1v) is 7.56. The zero-order valence-electron chi connectivity index (χ0n) is 12.5. The van der Waals surface area contributed by atoms with Gasteiger partial charge in [0.05, 0.1) is 16.2 Å². The summed E-state index contributed by atoms with van der Waals surface area (Å²) in [4.78, 5) is 0. The van der Waals surface area contributed by atoms with Gasteiger partial charge in [-0.05, 0) is 48.8 Å². The lowest BCUT2D eigenvalue weighted by Crippen LogP contribution is -2.53. The summed E-state index contributed by atoms with van der Waals surface area (Å²) in [5.41, 5.74) is 6.72. The van der Waals surface area contributed by atoms with E-state index in [2.05, 4.69) is 26.1 Å². The van der Waals surface area contributed by atoms with Gasteiger partial charge in [0.15, 0.2) is 0 Å². The maximum Gasteiger partial charge on any atom is 0.125 e. The highest BCUT2D eigenvalue weighted by atomic mass is 35.5. The van der Waals surface area contributed by atoms with Crippen molar-refractivity contribution in [2.24, 2.45) is 17.1 Å². The van der Waals surface area contributed by atoms with Crippen molar-refractivity contribution in [3.05, 3.63) is 29.0 Å². The minimum absolute atomic E-state index is 0.210. The molecule has 0 saturated heterocycles. The van der Waals surface area contributed by atoms with Crippen LogP contribution in [0.25, 0.3) is 0 Å². The van der Waals surface area contributed by atoms with E-state index in [1.807, 2.05) is 0 Å². The molecule has 1 aliphatic carbocycles. The molecule has 0 aliphatic heterocycles. The standard InChI is InChI=1S/C16H24ClFN2/c1-11-7-15(2,3)9-16(8-11,10-19)20-14-6-12(18)4-5-13(14)17/h4-6,11,20H,7-10,19H2,1-3H3. The lowest BCUT2D eigenvalue weighted by atomic mass is 9.64. The minimum atomic E-state index is -0.285. The van der Waals surface area contributed by atoms with Crippen LogP contribution in [0, 0.1) is 17.2 Å². The first kappa shape index (κ1) is 15.6. The van der Waals surface area contributed by atoms with Gasteiger partial charge in [-0.3, -0.25) is 0 Å². The molecular weight excluding hydrogens is 275 g/mol. The van der Waals surface area contributed by atoms with Gasteiger partial charge in [-0.1, -0.05) is 32.4 Å². The van der Waals surface area contributed by atoms with E-state index in [-0.39, 0.29) is 16.8 Å². The van der Waals surface area contributed by atoms with Crippen LogP contribution in [-0.4, -0.2) is 12.1 Å². The summed E-state index contributed by atoms with van der Waals surface area (Å²) in [6.45, 7) is 7.30. The lowest BCUT2D eigenvalue weighted by Gasteiger charge is -2.48. The van der Waals surface area contributed by atoms with Gasteiger partial charge in [0.2, 0.25) is 0 Å². The van der Waals surface area contributed by atoms with Gasteiger partial charge in [0, 0.05) is 6.54 Å². The second-order valence-electron chi connectivity index (χ2n) is 7.09. The quantitative estimate of drug-likeness (QED) is 0.866. The first-order chi connectivity index (χ1) is 9.25. The van der Waals surface area contributed by atoms with E-state index in [4.69, 9.17) is 17.3 Å². The molecule has 112 valence electrons. The number of nitrogens with two attached hydrogens (primary N) is 1. The third-order valence-corrected chi connectivity index (χ3v) is 4.51. The van der Waals surface area contributed by atoms with Crippen LogP contribution in [0.1, 0.15) is 40.0 Å². The predicted octanol–water partition coefficient (Wildman–Crippen LogP) is 4.43. The molecule has 1 aromatic rings. The summed E-state index contributed by atoms with van der Waals surface area (Å²) in [6, 6.07) is 4.41. The minimum Gasteiger partial charge on any atom is -0.377 e. The summed E-state index contributed by atoms with van der Waals surface area (Å²) in [5, 5.41) is 3.98. The average molecular weight is 299 g/mol. The Hall–Kier alpha value is -0.800. The lowest BCUT2D eigenvalue weighted by molar-refractivity contribution is 0.125. The van der Waals surface area contributed by atoms with Gasteiger partial charge in [0.1, 0.15) is 5.82 Å². The zero-order chi connectivity index (χ0) is 15.0. The van der Waals surface area contributed by atoms with Crippen LogP contribution in [-0.2, 0) is 0 Å². The Bertz CT molecular complexity index is 489. The smallest absolute Gasteiger partial charge is 0.125 e. The number of anilines is 1. The second-order valence-corrected chi connectivity index (χ2v) is 7.50. The molecule has 0 spiro atoms. The largest absolute Gasteiger partial charge is 0.377 e. The number of nitrogens with one attached hydrogen (secondary N) is 1. The summed E-state index contributed by atoms with van der Waals surface area (Å²) in [7, 11) is 0. The number of benzene rings is 1. The van der Waals surface area contributed by atoms with Crippen molar-refractivity contribution in [3.8, 4) is 0 Å². The fourth-order valence-electron chi connectivity index (χ4n) is 3.92. The van der Waals surface area contributed by atoms with E-state index in [0.717, 1.165) is 12.8 Å². The molecule has 2 atom stereocenters. The van der Waals surface area contributed by atoms with Crippen LogP contribution in [0.3, 0.4) is 0 Å². The fourth-order valence-corrected chi connectivity index (χ4v) is 4.09. The molecule has 0 heterocycles. The van der Waals surface area contributed by atoms with E-state index in [1.165, 1.54) is 18.6 Å². The molecule has 0 aromatic heterocycles. The Morgan fingerprint density at radius 1 is 1.40 bits per heavy atom. The Balaban J connectivity index is 2.29. The molecule has 3 N–H and O–H groups in total. The van der Waals surface area contributed by atoms with Gasteiger partial charge in [0.25, 0.3) is 0 Å². The molecule has 2 nitrogen and oxygen atoms in total. The van der Waals surface area contributed by atoms with Crippen LogP contribution >= 0.6 is 11.6 Å². The van der Waals surface area contributed by atoms with Crippen molar-refractivity contribution in [1.29, 1.82) is 0 Å². The van der Waals surface area contributed by atoms with Crippen LogP contribution in [0.2, 0.25) is 5.02 Å². The van der Waals surface area contributed by atoms with Crippen molar-refractivity contribution in [2.45, 2.75) is 45.6 Å². The second kappa shape index (κ2) is 5.53. The Kier molecular flexibility index (Phi) is 4.31. The van der Waals surface area contributed by atoms with Crippen molar-refractivity contribution >= 4 is 17.3 Å². The number of halogens is 2. The molecule has 1 fully saturated rings. The molecule has 20 heavy (non-hydrogen) atoms. The van der Waals surface area contributed by atoms with E-state index in [1.54, 1.807) is 6.07 Å². The summed E-state index contributed by atoms with van der Waals surface area (Å²) < 4.78 is 13.4. The molecule has 0 bridgehead atoms.